The number of ether oxygens (including phenoxy) is 2. The third-order valence-corrected chi connectivity index (χ3v) is 3.84. The van der Waals surface area contributed by atoms with E-state index in [2.05, 4.69) is 0 Å². The summed E-state index contributed by atoms with van der Waals surface area (Å²) in [5.74, 6) is -0.222. The van der Waals surface area contributed by atoms with Crippen LogP contribution in [-0.2, 0) is 10.9 Å². The van der Waals surface area contributed by atoms with Gasteiger partial charge in [0, 0.05) is 0 Å². The largest absolute Gasteiger partial charge is 0.493 e. The zero-order valence-corrected chi connectivity index (χ0v) is 12.0. The van der Waals surface area contributed by atoms with E-state index in [1.54, 1.807) is 0 Å². The summed E-state index contributed by atoms with van der Waals surface area (Å²) in [6.45, 7) is 0.564. The first-order valence-corrected chi connectivity index (χ1v) is 7.44. The van der Waals surface area contributed by atoms with E-state index in [4.69, 9.17) is 9.47 Å². The van der Waals surface area contributed by atoms with Crippen LogP contribution in [-0.4, -0.2) is 19.2 Å². The topological polar surface area (TPSA) is 35.5 Å². The maximum absolute atomic E-state index is 13.1. The summed E-state index contributed by atoms with van der Waals surface area (Å²) in [5, 5.41) is 0. The number of hydrogen-bond acceptors (Lipinski definition) is 3. The number of alkyl halides is 3. The minimum atomic E-state index is -4.56. The summed E-state index contributed by atoms with van der Waals surface area (Å²) >= 11 is 0. The number of carbonyl (C=O) groups excluding carboxylic acids is 1. The number of carbonyl (C=O) groups is 1. The van der Waals surface area contributed by atoms with E-state index in [1.807, 2.05) is 0 Å². The molecule has 0 aliphatic heterocycles. The predicted octanol–water partition coefficient (Wildman–Crippen LogP) is 4.06. The minimum absolute atomic E-state index is 0.0910. The first-order valence-electron chi connectivity index (χ1n) is 7.44. The molecule has 3 nitrogen and oxygen atoms in total. The van der Waals surface area contributed by atoms with Gasteiger partial charge in [-0.05, 0) is 55.7 Å². The molecule has 22 heavy (non-hydrogen) atoms. The normalized spacial score (nSPS) is 18.1. The summed E-state index contributed by atoms with van der Waals surface area (Å²) in [7, 11) is 0. The Morgan fingerprint density at radius 2 is 1.73 bits per heavy atom. The highest BCUT2D eigenvalue weighted by atomic mass is 19.4. The molecule has 0 saturated heterocycles. The van der Waals surface area contributed by atoms with E-state index < -0.39 is 17.7 Å². The van der Waals surface area contributed by atoms with Gasteiger partial charge >= 0.3 is 12.1 Å². The highest BCUT2D eigenvalue weighted by Gasteiger charge is 2.36. The van der Waals surface area contributed by atoms with Crippen LogP contribution in [0.4, 0.5) is 13.2 Å². The van der Waals surface area contributed by atoms with Gasteiger partial charge in [-0.25, -0.2) is 4.79 Å². The van der Waals surface area contributed by atoms with Crippen molar-refractivity contribution in [2.45, 2.75) is 31.9 Å². The van der Waals surface area contributed by atoms with Crippen LogP contribution in [0.1, 0.15) is 41.6 Å². The molecule has 6 heteroatoms. The SMILES string of the molecule is O=C(OCC1CC1)c1ccc(OCC2CC2)c(C(F)(F)F)c1. The molecule has 0 amide bonds. The monoisotopic (exact) mass is 314 g/mol. The third-order valence-electron chi connectivity index (χ3n) is 3.84. The van der Waals surface area contributed by atoms with E-state index in [-0.39, 0.29) is 24.5 Å². The molecule has 2 saturated carbocycles. The zero-order chi connectivity index (χ0) is 15.7. The van der Waals surface area contributed by atoms with E-state index in [0.29, 0.717) is 11.8 Å². The fraction of sp³-hybridized carbons (Fsp3) is 0.562. The Morgan fingerprint density at radius 3 is 2.32 bits per heavy atom. The highest BCUT2D eigenvalue weighted by molar-refractivity contribution is 5.90. The Bertz CT molecular complexity index is 560. The van der Waals surface area contributed by atoms with Gasteiger partial charge in [0.1, 0.15) is 5.75 Å². The number of halogens is 3. The van der Waals surface area contributed by atoms with Crippen molar-refractivity contribution in [1.82, 2.24) is 0 Å². The van der Waals surface area contributed by atoms with Crippen LogP contribution in [0.25, 0.3) is 0 Å². The molecule has 2 fully saturated rings. The number of hydrogen-bond donors (Lipinski definition) is 0. The summed E-state index contributed by atoms with van der Waals surface area (Å²) in [4.78, 5) is 11.8. The maximum atomic E-state index is 13.1. The van der Waals surface area contributed by atoms with Gasteiger partial charge in [-0.3, -0.25) is 0 Å². The molecule has 1 aromatic carbocycles. The van der Waals surface area contributed by atoms with Crippen LogP contribution in [0.3, 0.4) is 0 Å². The fourth-order valence-electron chi connectivity index (χ4n) is 2.06. The molecular formula is C16H17F3O3. The summed E-state index contributed by atoms with van der Waals surface area (Å²) in [5.41, 5.74) is -1.01. The molecule has 0 spiro atoms. The average molecular weight is 314 g/mol. The van der Waals surface area contributed by atoms with Gasteiger partial charge in [-0.15, -0.1) is 0 Å². The van der Waals surface area contributed by atoms with Gasteiger partial charge in [-0.2, -0.15) is 13.2 Å². The first-order chi connectivity index (χ1) is 10.4. The van der Waals surface area contributed by atoms with Gasteiger partial charge in [0.15, 0.2) is 0 Å². The van der Waals surface area contributed by atoms with E-state index in [9.17, 15) is 18.0 Å². The van der Waals surface area contributed by atoms with Crippen molar-refractivity contribution >= 4 is 5.97 Å². The van der Waals surface area contributed by atoms with Crippen LogP contribution < -0.4 is 4.74 Å². The van der Waals surface area contributed by atoms with Crippen LogP contribution in [0.5, 0.6) is 5.75 Å². The predicted molar refractivity (Wildman–Crippen MR) is 72.7 cm³/mol. The van der Waals surface area contributed by atoms with E-state index >= 15 is 0 Å². The molecule has 120 valence electrons. The number of esters is 1. The zero-order valence-electron chi connectivity index (χ0n) is 12.0. The Hall–Kier alpha value is -1.72. The van der Waals surface area contributed by atoms with Crippen molar-refractivity contribution in [1.29, 1.82) is 0 Å². The molecular weight excluding hydrogens is 297 g/mol. The van der Waals surface area contributed by atoms with Crippen molar-refractivity contribution in [3.8, 4) is 5.75 Å². The summed E-state index contributed by atoms with van der Waals surface area (Å²) in [6.07, 6.45) is -0.560. The van der Waals surface area contributed by atoms with Gasteiger partial charge in [0.05, 0.1) is 24.3 Å². The molecule has 2 aliphatic rings. The lowest BCUT2D eigenvalue weighted by atomic mass is 10.1. The van der Waals surface area contributed by atoms with Gasteiger partial charge in [-0.1, -0.05) is 0 Å². The van der Waals surface area contributed by atoms with Crippen molar-refractivity contribution in [3.63, 3.8) is 0 Å². The number of benzene rings is 1. The van der Waals surface area contributed by atoms with Crippen LogP contribution in [0, 0.1) is 11.8 Å². The second-order valence-electron chi connectivity index (χ2n) is 6.00. The molecule has 0 heterocycles. The summed E-state index contributed by atoms with van der Waals surface area (Å²) < 4.78 is 49.7. The van der Waals surface area contributed by atoms with Crippen molar-refractivity contribution in [2.24, 2.45) is 11.8 Å². The molecule has 1 aromatic rings. The van der Waals surface area contributed by atoms with Crippen LogP contribution in [0.2, 0.25) is 0 Å². The maximum Gasteiger partial charge on any atom is 0.419 e. The molecule has 2 aliphatic carbocycles. The standard InChI is InChI=1S/C16H17F3O3/c17-16(18,19)13-7-12(15(20)22-9-11-3-4-11)5-6-14(13)21-8-10-1-2-10/h5-7,10-11H,1-4,8-9H2. The van der Waals surface area contributed by atoms with Crippen molar-refractivity contribution in [3.05, 3.63) is 29.3 Å². The van der Waals surface area contributed by atoms with Crippen molar-refractivity contribution < 1.29 is 27.4 Å². The lowest BCUT2D eigenvalue weighted by molar-refractivity contribution is -0.139. The Balaban J connectivity index is 1.74. The smallest absolute Gasteiger partial charge is 0.419 e. The number of rotatable bonds is 6. The van der Waals surface area contributed by atoms with Crippen molar-refractivity contribution in [2.75, 3.05) is 13.2 Å². The second-order valence-corrected chi connectivity index (χ2v) is 6.00. The Morgan fingerprint density at radius 1 is 1.09 bits per heavy atom. The minimum Gasteiger partial charge on any atom is -0.493 e. The lowest BCUT2D eigenvalue weighted by Crippen LogP contribution is -2.13. The highest BCUT2D eigenvalue weighted by Crippen LogP contribution is 2.38. The molecule has 0 radical (unpaired) electrons. The van der Waals surface area contributed by atoms with Crippen LogP contribution in [0.15, 0.2) is 18.2 Å². The molecule has 0 unspecified atom stereocenters. The van der Waals surface area contributed by atoms with Gasteiger partial charge in [0.2, 0.25) is 0 Å². The van der Waals surface area contributed by atoms with E-state index in [1.165, 1.54) is 12.1 Å². The average Bonchev–Trinajstić information content (AvgIpc) is 3.36. The summed E-state index contributed by atoms with van der Waals surface area (Å²) in [6, 6.07) is 3.35. The molecule has 0 N–H and O–H groups in total. The van der Waals surface area contributed by atoms with Gasteiger partial charge < -0.3 is 9.47 Å². The Kier molecular flexibility index (Phi) is 4.02. The van der Waals surface area contributed by atoms with E-state index in [0.717, 1.165) is 31.7 Å². The van der Waals surface area contributed by atoms with Gasteiger partial charge in [0.25, 0.3) is 0 Å². The van der Waals surface area contributed by atoms with Crippen LogP contribution >= 0.6 is 0 Å². The molecule has 0 bridgehead atoms. The first kappa shape index (κ1) is 15.2. The second kappa shape index (κ2) is 5.82. The molecule has 0 aromatic heterocycles. The fourth-order valence-corrected chi connectivity index (χ4v) is 2.06. The molecule has 3 rings (SSSR count). The quantitative estimate of drug-likeness (QED) is 0.743. The molecule has 0 atom stereocenters. The Labute approximate surface area is 126 Å². The third kappa shape index (κ3) is 3.93. The lowest BCUT2D eigenvalue weighted by Gasteiger charge is -2.15.